The molecule has 1 saturated heterocycles. The lowest BCUT2D eigenvalue weighted by Gasteiger charge is -2.26. The molecule has 16 heavy (non-hydrogen) atoms. The van der Waals surface area contributed by atoms with Gasteiger partial charge in [0.1, 0.15) is 11.5 Å². The monoisotopic (exact) mass is 241 g/mol. The minimum Gasteiger partial charge on any atom is -0.507 e. The van der Waals surface area contributed by atoms with Crippen LogP contribution in [0.5, 0.6) is 11.5 Å². The smallest absolute Gasteiger partial charge is 0.141 e. The number of halogens is 1. The molecule has 0 aromatic heterocycles. The molecule has 0 bridgehead atoms. The fourth-order valence-corrected chi connectivity index (χ4v) is 2.51. The number of rotatable bonds is 2. The third-order valence-corrected chi connectivity index (χ3v) is 3.53. The van der Waals surface area contributed by atoms with E-state index in [1.165, 1.54) is 7.11 Å². The van der Waals surface area contributed by atoms with Crippen molar-refractivity contribution >= 4 is 11.6 Å². The average molecular weight is 242 g/mol. The van der Waals surface area contributed by atoms with Crippen LogP contribution < -0.4 is 10.1 Å². The van der Waals surface area contributed by atoms with E-state index in [0.29, 0.717) is 10.8 Å². The molecule has 3 nitrogen and oxygen atoms in total. The first-order valence-corrected chi connectivity index (χ1v) is 5.76. The number of hydrogen-bond donors (Lipinski definition) is 2. The molecule has 2 rings (SSSR count). The number of hydrogen-bond acceptors (Lipinski definition) is 3. The zero-order valence-corrected chi connectivity index (χ0v) is 10.3. The first-order chi connectivity index (χ1) is 7.57. The van der Waals surface area contributed by atoms with E-state index >= 15 is 0 Å². The van der Waals surface area contributed by atoms with Gasteiger partial charge < -0.3 is 15.2 Å². The predicted octanol–water partition coefficient (Wildman–Crippen LogP) is 2.65. The minimum atomic E-state index is -0.181. The van der Waals surface area contributed by atoms with Gasteiger partial charge in [-0.25, -0.2) is 0 Å². The van der Waals surface area contributed by atoms with Crippen molar-refractivity contribution in [2.45, 2.75) is 25.3 Å². The highest BCUT2D eigenvalue weighted by Crippen LogP contribution is 2.40. The molecule has 0 radical (unpaired) electrons. The van der Waals surface area contributed by atoms with Crippen LogP contribution in [-0.4, -0.2) is 18.8 Å². The summed E-state index contributed by atoms with van der Waals surface area (Å²) in [7, 11) is 1.54. The number of phenols is 1. The van der Waals surface area contributed by atoms with Crippen LogP contribution in [-0.2, 0) is 5.54 Å². The van der Waals surface area contributed by atoms with E-state index in [4.69, 9.17) is 16.3 Å². The quantitative estimate of drug-likeness (QED) is 0.837. The molecule has 0 saturated carbocycles. The van der Waals surface area contributed by atoms with Crippen molar-refractivity contribution in [3.05, 3.63) is 22.7 Å². The highest BCUT2D eigenvalue weighted by Gasteiger charge is 2.33. The molecule has 1 aliphatic rings. The average Bonchev–Trinajstić information content (AvgIpc) is 2.69. The summed E-state index contributed by atoms with van der Waals surface area (Å²) in [6, 6.07) is 3.36. The van der Waals surface area contributed by atoms with Crippen molar-refractivity contribution in [2.75, 3.05) is 13.7 Å². The molecular weight excluding hydrogens is 226 g/mol. The third kappa shape index (κ3) is 1.85. The molecule has 0 aliphatic carbocycles. The highest BCUT2D eigenvalue weighted by atomic mass is 35.5. The summed E-state index contributed by atoms with van der Waals surface area (Å²) in [5.41, 5.74) is 0.663. The van der Waals surface area contributed by atoms with E-state index in [2.05, 4.69) is 12.2 Å². The third-order valence-electron chi connectivity index (χ3n) is 3.23. The number of nitrogens with one attached hydrogen (secondary N) is 1. The second kappa shape index (κ2) is 4.15. The second-order valence-corrected chi connectivity index (χ2v) is 4.77. The number of benzene rings is 1. The highest BCUT2D eigenvalue weighted by molar-refractivity contribution is 6.32. The van der Waals surface area contributed by atoms with Crippen LogP contribution in [0.2, 0.25) is 5.02 Å². The summed E-state index contributed by atoms with van der Waals surface area (Å²) in [6.07, 6.45) is 2.11. The lowest BCUT2D eigenvalue weighted by molar-refractivity contribution is 0.383. The Kier molecular flexibility index (Phi) is 3.00. The standard InChI is InChI=1S/C12H16ClNO2/c1-12(4-3-5-14-12)8-6-9(13)11(16-2)7-10(8)15/h6-7,14-15H,3-5H2,1-2H3. The van der Waals surface area contributed by atoms with E-state index in [-0.39, 0.29) is 11.3 Å². The second-order valence-electron chi connectivity index (χ2n) is 4.37. The van der Waals surface area contributed by atoms with Crippen LogP contribution in [0.25, 0.3) is 0 Å². The Balaban J connectivity index is 2.45. The van der Waals surface area contributed by atoms with Crippen LogP contribution in [0.4, 0.5) is 0 Å². The molecule has 1 unspecified atom stereocenters. The molecule has 0 spiro atoms. The molecule has 1 heterocycles. The maximum absolute atomic E-state index is 9.99. The molecule has 2 N–H and O–H groups in total. The fourth-order valence-electron chi connectivity index (χ4n) is 2.27. The van der Waals surface area contributed by atoms with Crippen molar-refractivity contribution < 1.29 is 9.84 Å². The van der Waals surface area contributed by atoms with Gasteiger partial charge in [0, 0.05) is 17.2 Å². The van der Waals surface area contributed by atoms with Crippen molar-refractivity contribution in [3.63, 3.8) is 0 Å². The first-order valence-electron chi connectivity index (χ1n) is 5.39. The zero-order valence-electron chi connectivity index (χ0n) is 9.51. The molecule has 1 aromatic carbocycles. The van der Waals surface area contributed by atoms with Gasteiger partial charge in [0.2, 0.25) is 0 Å². The topological polar surface area (TPSA) is 41.5 Å². The van der Waals surface area contributed by atoms with Gasteiger partial charge in [-0.3, -0.25) is 0 Å². The Morgan fingerprint density at radius 3 is 2.81 bits per heavy atom. The summed E-state index contributed by atoms with van der Waals surface area (Å²) in [5.74, 6) is 0.739. The van der Waals surface area contributed by atoms with Gasteiger partial charge in [-0.1, -0.05) is 11.6 Å². The Labute approximate surface area is 100 Å². The predicted molar refractivity (Wildman–Crippen MR) is 64.3 cm³/mol. The van der Waals surface area contributed by atoms with Gasteiger partial charge in [-0.2, -0.15) is 0 Å². The van der Waals surface area contributed by atoms with E-state index in [9.17, 15) is 5.11 Å². The van der Waals surface area contributed by atoms with E-state index < -0.39 is 0 Å². The van der Waals surface area contributed by atoms with Crippen LogP contribution in [0.15, 0.2) is 12.1 Å². The molecule has 0 amide bonds. The Morgan fingerprint density at radius 1 is 1.50 bits per heavy atom. The van der Waals surface area contributed by atoms with Gasteiger partial charge in [0.15, 0.2) is 0 Å². The normalized spacial score (nSPS) is 24.7. The van der Waals surface area contributed by atoms with Crippen LogP contribution in [0.3, 0.4) is 0 Å². The lowest BCUT2D eigenvalue weighted by Crippen LogP contribution is -2.33. The number of phenolic OH excluding ortho intramolecular Hbond substituents is 1. The molecule has 88 valence electrons. The zero-order chi connectivity index (χ0) is 11.8. The van der Waals surface area contributed by atoms with E-state index in [1.807, 2.05) is 0 Å². The largest absolute Gasteiger partial charge is 0.507 e. The molecule has 1 fully saturated rings. The maximum atomic E-state index is 9.99. The summed E-state index contributed by atoms with van der Waals surface area (Å²) >= 11 is 6.08. The van der Waals surface area contributed by atoms with Gasteiger partial charge in [-0.15, -0.1) is 0 Å². The van der Waals surface area contributed by atoms with Crippen molar-refractivity contribution in [2.24, 2.45) is 0 Å². The van der Waals surface area contributed by atoms with E-state index in [0.717, 1.165) is 24.9 Å². The summed E-state index contributed by atoms with van der Waals surface area (Å²) in [5, 5.41) is 13.9. The maximum Gasteiger partial charge on any atom is 0.141 e. The SMILES string of the molecule is COc1cc(O)c(C2(C)CCCN2)cc1Cl. The van der Waals surface area contributed by atoms with Gasteiger partial charge in [0.25, 0.3) is 0 Å². The van der Waals surface area contributed by atoms with Crippen LogP contribution in [0.1, 0.15) is 25.3 Å². The minimum absolute atomic E-state index is 0.181. The Bertz CT molecular complexity index is 400. The Hall–Kier alpha value is -0.930. The lowest BCUT2D eigenvalue weighted by atomic mass is 9.90. The number of methoxy groups -OCH3 is 1. The van der Waals surface area contributed by atoms with Crippen molar-refractivity contribution in [1.29, 1.82) is 0 Å². The summed E-state index contributed by atoms with van der Waals surface area (Å²) in [4.78, 5) is 0. The molecule has 1 atom stereocenters. The van der Waals surface area contributed by atoms with Crippen LogP contribution >= 0.6 is 11.6 Å². The van der Waals surface area contributed by atoms with E-state index in [1.54, 1.807) is 12.1 Å². The Morgan fingerprint density at radius 2 is 2.25 bits per heavy atom. The molecular formula is C12H16ClNO2. The first kappa shape index (κ1) is 11.6. The number of aromatic hydroxyl groups is 1. The van der Waals surface area contributed by atoms with Gasteiger partial charge >= 0.3 is 0 Å². The van der Waals surface area contributed by atoms with Gasteiger partial charge in [-0.05, 0) is 32.4 Å². The van der Waals surface area contributed by atoms with Crippen molar-refractivity contribution in [1.82, 2.24) is 5.32 Å². The summed E-state index contributed by atoms with van der Waals surface area (Å²) < 4.78 is 5.06. The van der Waals surface area contributed by atoms with Crippen LogP contribution in [0, 0.1) is 0 Å². The molecule has 1 aromatic rings. The molecule has 1 aliphatic heterocycles. The summed E-state index contributed by atoms with van der Waals surface area (Å²) in [6.45, 7) is 3.05. The molecule has 4 heteroatoms. The fraction of sp³-hybridized carbons (Fsp3) is 0.500. The van der Waals surface area contributed by atoms with Crippen molar-refractivity contribution in [3.8, 4) is 11.5 Å². The van der Waals surface area contributed by atoms with Gasteiger partial charge in [0.05, 0.1) is 12.1 Å². The number of ether oxygens (including phenoxy) is 1.